The first-order chi connectivity index (χ1) is 9.34. The summed E-state index contributed by atoms with van der Waals surface area (Å²) in [6.45, 7) is 0.264. The molecule has 0 spiro atoms. The molecule has 1 aromatic carbocycles. The molecule has 1 N–H and O–H groups in total. The fraction of sp³-hybridized carbons (Fsp3) is 0.364. The molecule has 0 aliphatic rings. The molecule has 1 rings (SSSR count). The zero-order valence-corrected chi connectivity index (χ0v) is 12.1. The molecule has 0 heterocycles. The largest absolute Gasteiger partial charge is 0.481 e. The minimum atomic E-state index is -4.00. The maximum atomic E-state index is 13.5. The summed E-state index contributed by atoms with van der Waals surface area (Å²) < 4.78 is 45.2. The van der Waals surface area contributed by atoms with Crippen molar-refractivity contribution in [3.63, 3.8) is 0 Å². The van der Waals surface area contributed by atoms with Crippen LogP contribution in [0.4, 0.5) is 4.39 Å². The Labute approximate surface area is 120 Å². The molecule has 0 aliphatic heterocycles. The van der Waals surface area contributed by atoms with Crippen LogP contribution in [-0.2, 0) is 18.6 Å². The predicted molar refractivity (Wildman–Crippen MR) is 69.8 cm³/mol. The minimum Gasteiger partial charge on any atom is -0.481 e. The number of carbonyl (C=O) groups is 1. The monoisotopic (exact) mass is 325 g/mol. The highest BCUT2D eigenvalue weighted by Gasteiger charge is 2.14. The topological polar surface area (TPSA) is 81.7 Å². The number of nitrogens with one attached hydrogen (secondary N) is 1. The fourth-order valence-corrected chi connectivity index (χ4v) is 2.00. The molecule has 1 aromatic rings. The summed E-state index contributed by atoms with van der Waals surface area (Å²) in [5.41, 5.74) is 0. The third-order valence-corrected chi connectivity index (χ3v) is 3.52. The lowest BCUT2D eigenvalue weighted by atomic mass is 10.3. The molecule has 0 fully saturated rings. The number of amides is 1. The molecule has 0 aromatic heterocycles. The molecule has 0 atom stereocenters. The molecule has 20 heavy (non-hydrogen) atoms. The lowest BCUT2D eigenvalue weighted by Crippen LogP contribution is -2.31. The van der Waals surface area contributed by atoms with E-state index in [0.29, 0.717) is 13.2 Å². The summed E-state index contributed by atoms with van der Waals surface area (Å²) >= 11 is 0. The highest BCUT2D eigenvalue weighted by Crippen LogP contribution is 2.23. The van der Waals surface area contributed by atoms with Gasteiger partial charge in [0.25, 0.3) is 15.0 Å². The van der Waals surface area contributed by atoms with Crippen LogP contribution in [0.2, 0.25) is 0 Å². The van der Waals surface area contributed by atoms with Gasteiger partial charge in [0.15, 0.2) is 18.2 Å². The van der Waals surface area contributed by atoms with Crippen molar-refractivity contribution in [2.75, 3.05) is 26.9 Å². The normalized spacial score (nSPS) is 11.2. The second-order valence-electron chi connectivity index (χ2n) is 3.66. The van der Waals surface area contributed by atoms with Gasteiger partial charge < -0.3 is 14.8 Å². The van der Waals surface area contributed by atoms with Crippen molar-refractivity contribution in [2.24, 2.45) is 0 Å². The van der Waals surface area contributed by atoms with Gasteiger partial charge in [-0.2, -0.15) is 0 Å². The Balaban J connectivity index is 2.59. The summed E-state index contributed by atoms with van der Waals surface area (Å²) in [5, 5.41) is 2.48. The van der Waals surface area contributed by atoms with E-state index in [-0.39, 0.29) is 10.6 Å². The first kappa shape index (κ1) is 16.7. The highest BCUT2D eigenvalue weighted by molar-refractivity contribution is 8.13. The Hall–Kier alpha value is -1.38. The van der Waals surface area contributed by atoms with Crippen molar-refractivity contribution in [3.05, 3.63) is 24.0 Å². The highest BCUT2D eigenvalue weighted by atomic mass is 35.7. The van der Waals surface area contributed by atoms with Crippen LogP contribution in [0.5, 0.6) is 5.75 Å². The zero-order chi connectivity index (χ0) is 15.2. The van der Waals surface area contributed by atoms with Crippen molar-refractivity contribution in [1.29, 1.82) is 0 Å². The Morgan fingerprint density at radius 2 is 2.15 bits per heavy atom. The van der Waals surface area contributed by atoms with Gasteiger partial charge in [-0.25, -0.2) is 12.8 Å². The van der Waals surface area contributed by atoms with Crippen molar-refractivity contribution < 1.29 is 27.1 Å². The van der Waals surface area contributed by atoms with Crippen molar-refractivity contribution in [3.8, 4) is 5.75 Å². The third kappa shape index (κ3) is 5.32. The molecule has 0 aliphatic carbocycles. The van der Waals surface area contributed by atoms with E-state index in [9.17, 15) is 17.6 Å². The van der Waals surface area contributed by atoms with E-state index in [4.69, 9.17) is 20.2 Å². The number of rotatable bonds is 7. The van der Waals surface area contributed by atoms with Crippen LogP contribution in [0.3, 0.4) is 0 Å². The van der Waals surface area contributed by atoms with Crippen LogP contribution >= 0.6 is 10.7 Å². The van der Waals surface area contributed by atoms with Gasteiger partial charge >= 0.3 is 0 Å². The van der Waals surface area contributed by atoms with Crippen LogP contribution in [-0.4, -0.2) is 41.2 Å². The molecule has 6 nitrogen and oxygen atoms in total. The maximum Gasteiger partial charge on any atom is 0.261 e. The van der Waals surface area contributed by atoms with Gasteiger partial charge in [0, 0.05) is 24.3 Å². The van der Waals surface area contributed by atoms with Crippen molar-refractivity contribution in [1.82, 2.24) is 5.32 Å². The Bertz CT molecular complexity index is 578. The van der Waals surface area contributed by atoms with Crippen LogP contribution in [0.1, 0.15) is 0 Å². The predicted octanol–water partition coefficient (Wildman–Crippen LogP) is 0.895. The van der Waals surface area contributed by atoms with E-state index >= 15 is 0 Å². The number of benzene rings is 1. The summed E-state index contributed by atoms with van der Waals surface area (Å²) in [4.78, 5) is 10.9. The molecular formula is C11H13ClFNO5S. The lowest BCUT2D eigenvalue weighted by molar-refractivity contribution is -0.123. The Morgan fingerprint density at radius 3 is 2.70 bits per heavy atom. The quantitative estimate of drug-likeness (QED) is 0.595. The summed E-state index contributed by atoms with van der Waals surface area (Å²) in [5.74, 6) is -1.61. The van der Waals surface area contributed by atoms with Gasteiger partial charge in [0.05, 0.1) is 11.5 Å². The number of methoxy groups -OCH3 is 1. The molecule has 1 amide bonds. The van der Waals surface area contributed by atoms with E-state index in [1.165, 1.54) is 7.11 Å². The van der Waals surface area contributed by atoms with E-state index in [2.05, 4.69) is 5.32 Å². The van der Waals surface area contributed by atoms with E-state index in [1.807, 2.05) is 0 Å². The minimum absolute atomic E-state index is 0.240. The molecule has 112 valence electrons. The molecule has 0 saturated heterocycles. The zero-order valence-electron chi connectivity index (χ0n) is 10.6. The van der Waals surface area contributed by atoms with Crippen LogP contribution in [0.25, 0.3) is 0 Å². The Kier molecular flexibility index (Phi) is 6.18. The van der Waals surface area contributed by atoms with Gasteiger partial charge in [-0.1, -0.05) is 0 Å². The number of halogens is 2. The molecular weight excluding hydrogens is 313 g/mol. The number of hydrogen-bond acceptors (Lipinski definition) is 5. The fourth-order valence-electron chi connectivity index (χ4n) is 1.24. The van der Waals surface area contributed by atoms with Crippen molar-refractivity contribution >= 4 is 25.6 Å². The Morgan fingerprint density at radius 1 is 1.45 bits per heavy atom. The maximum absolute atomic E-state index is 13.5. The van der Waals surface area contributed by atoms with Gasteiger partial charge in [-0.15, -0.1) is 0 Å². The van der Waals surface area contributed by atoms with E-state index in [1.54, 1.807) is 0 Å². The van der Waals surface area contributed by atoms with Gasteiger partial charge in [-0.3, -0.25) is 4.79 Å². The van der Waals surface area contributed by atoms with Gasteiger partial charge in [0.1, 0.15) is 0 Å². The number of ether oxygens (including phenoxy) is 2. The van der Waals surface area contributed by atoms with Crippen LogP contribution < -0.4 is 10.1 Å². The molecule has 0 unspecified atom stereocenters. The summed E-state index contributed by atoms with van der Waals surface area (Å²) in [6.07, 6.45) is 0. The molecule has 0 radical (unpaired) electrons. The second-order valence-corrected chi connectivity index (χ2v) is 6.23. The van der Waals surface area contributed by atoms with Crippen LogP contribution in [0, 0.1) is 5.82 Å². The molecule has 0 bridgehead atoms. The van der Waals surface area contributed by atoms with Crippen molar-refractivity contribution in [2.45, 2.75) is 4.90 Å². The smallest absolute Gasteiger partial charge is 0.261 e. The second kappa shape index (κ2) is 7.41. The van der Waals surface area contributed by atoms with Gasteiger partial charge in [0.2, 0.25) is 0 Å². The molecule has 0 saturated carbocycles. The van der Waals surface area contributed by atoms with Crippen LogP contribution in [0.15, 0.2) is 23.1 Å². The van der Waals surface area contributed by atoms with Gasteiger partial charge in [-0.05, 0) is 18.2 Å². The standard InChI is InChI=1S/C11H13ClFNO5S/c1-18-5-4-14-11(15)7-19-10-3-2-8(6-9(10)13)20(12,16)17/h2-3,6H,4-5,7H2,1H3,(H,14,15). The first-order valence-electron chi connectivity index (χ1n) is 5.47. The first-order valence-corrected chi connectivity index (χ1v) is 7.78. The average molecular weight is 326 g/mol. The lowest BCUT2D eigenvalue weighted by Gasteiger charge is -2.08. The van der Waals surface area contributed by atoms with E-state index in [0.717, 1.165) is 18.2 Å². The number of carbonyl (C=O) groups excluding carboxylic acids is 1. The third-order valence-electron chi connectivity index (χ3n) is 2.17. The summed E-state index contributed by atoms with van der Waals surface area (Å²) in [6, 6.07) is 2.90. The SMILES string of the molecule is COCCNC(=O)COc1ccc(S(=O)(=O)Cl)cc1F. The average Bonchev–Trinajstić information content (AvgIpc) is 2.36. The summed E-state index contributed by atoms with van der Waals surface area (Å²) in [7, 11) is 2.56. The molecule has 9 heteroatoms. The van der Waals surface area contributed by atoms with E-state index < -0.39 is 27.4 Å². The number of hydrogen-bond donors (Lipinski definition) is 1.